The molecule has 0 aliphatic carbocycles. The SMILES string of the molecule is CCC(CNc1c(C)cc(C)cc1Cl)C(=O)OC. The van der Waals surface area contributed by atoms with Crippen LogP contribution in [0.15, 0.2) is 12.1 Å². The highest BCUT2D eigenvalue weighted by Gasteiger charge is 2.17. The number of halogens is 1. The molecule has 0 aliphatic rings. The molecule has 4 heteroatoms. The molecule has 18 heavy (non-hydrogen) atoms. The molecule has 0 fully saturated rings. The normalized spacial score (nSPS) is 12.1. The first kappa shape index (κ1) is 14.8. The van der Waals surface area contributed by atoms with E-state index in [9.17, 15) is 4.79 Å². The van der Waals surface area contributed by atoms with Crippen molar-refractivity contribution in [1.29, 1.82) is 0 Å². The number of ether oxygens (including phenoxy) is 1. The van der Waals surface area contributed by atoms with Gasteiger partial charge in [-0.15, -0.1) is 0 Å². The predicted molar refractivity (Wildman–Crippen MR) is 75.2 cm³/mol. The van der Waals surface area contributed by atoms with E-state index in [1.807, 2.05) is 26.8 Å². The van der Waals surface area contributed by atoms with Crippen LogP contribution in [0.25, 0.3) is 0 Å². The fraction of sp³-hybridized carbons (Fsp3) is 0.500. The molecule has 1 unspecified atom stereocenters. The zero-order chi connectivity index (χ0) is 13.7. The van der Waals surface area contributed by atoms with Gasteiger partial charge in [0.05, 0.1) is 23.7 Å². The number of rotatable bonds is 5. The molecule has 0 saturated carbocycles. The summed E-state index contributed by atoms with van der Waals surface area (Å²) in [6, 6.07) is 3.98. The number of esters is 1. The second kappa shape index (κ2) is 6.64. The number of carbonyl (C=O) groups excluding carboxylic acids is 1. The third kappa shape index (κ3) is 3.64. The summed E-state index contributed by atoms with van der Waals surface area (Å²) in [4.78, 5) is 11.5. The van der Waals surface area contributed by atoms with E-state index < -0.39 is 0 Å². The van der Waals surface area contributed by atoms with Crippen LogP contribution in [0.2, 0.25) is 5.02 Å². The summed E-state index contributed by atoms with van der Waals surface area (Å²) >= 11 is 6.20. The number of hydrogen-bond acceptors (Lipinski definition) is 3. The molecule has 0 bridgehead atoms. The average Bonchev–Trinajstić information content (AvgIpc) is 2.31. The second-order valence-electron chi connectivity index (χ2n) is 4.45. The van der Waals surface area contributed by atoms with E-state index in [1.54, 1.807) is 0 Å². The Morgan fingerprint density at radius 3 is 2.61 bits per heavy atom. The maximum Gasteiger partial charge on any atom is 0.310 e. The van der Waals surface area contributed by atoms with Crippen LogP contribution in [0.5, 0.6) is 0 Å². The maximum atomic E-state index is 11.5. The Kier molecular flexibility index (Phi) is 5.48. The molecule has 0 aromatic heterocycles. The quantitative estimate of drug-likeness (QED) is 0.831. The van der Waals surface area contributed by atoms with Crippen LogP contribution in [-0.2, 0) is 9.53 Å². The molecule has 0 aliphatic heterocycles. The largest absolute Gasteiger partial charge is 0.469 e. The van der Waals surface area contributed by atoms with Crippen molar-refractivity contribution in [2.24, 2.45) is 5.92 Å². The minimum Gasteiger partial charge on any atom is -0.469 e. The zero-order valence-corrected chi connectivity index (χ0v) is 12.1. The summed E-state index contributed by atoms with van der Waals surface area (Å²) < 4.78 is 4.76. The third-order valence-electron chi connectivity index (χ3n) is 2.98. The summed E-state index contributed by atoms with van der Waals surface area (Å²) in [5.74, 6) is -0.336. The Labute approximate surface area is 113 Å². The highest BCUT2D eigenvalue weighted by atomic mass is 35.5. The Hall–Kier alpha value is -1.22. The Morgan fingerprint density at radius 1 is 1.44 bits per heavy atom. The lowest BCUT2D eigenvalue weighted by molar-refractivity contribution is -0.145. The number of aryl methyl sites for hydroxylation is 2. The van der Waals surface area contributed by atoms with E-state index in [2.05, 4.69) is 11.4 Å². The second-order valence-corrected chi connectivity index (χ2v) is 4.86. The van der Waals surface area contributed by atoms with E-state index in [4.69, 9.17) is 16.3 Å². The molecule has 0 amide bonds. The van der Waals surface area contributed by atoms with Gasteiger partial charge in [0.1, 0.15) is 0 Å². The maximum absolute atomic E-state index is 11.5. The fourth-order valence-corrected chi connectivity index (χ4v) is 2.31. The van der Waals surface area contributed by atoms with E-state index in [1.165, 1.54) is 7.11 Å². The van der Waals surface area contributed by atoms with Crippen LogP contribution in [0.3, 0.4) is 0 Å². The number of anilines is 1. The van der Waals surface area contributed by atoms with Gasteiger partial charge in [0.15, 0.2) is 0 Å². The first-order chi connectivity index (χ1) is 8.49. The van der Waals surface area contributed by atoms with Crippen molar-refractivity contribution < 1.29 is 9.53 Å². The van der Waals surface area contributed by atoms with Gasteiger partial charge in [0.25, 0.3) is 0 Å². The van der Waals surface area contributed by atoms with Crippen LogP contribution in [0.1, 0.15) is 24.5 Å². The Morgan fingerprint density at radius 2 is 2.11 bits per heavy atom. The van der Waals surface area contributed by atoms with Gasteiger partial charge >= 0.3 is 5.97 Å². The van der Waals surface area contributed by atoms with E-state index >= 15 is 0 Å². The van der Waals surface area contributed by atoms with Gasteiger partial charge in [-0.1, -0.05) is 24.6 Å². The summed E-state index contributed by atoms with van der Waals surface area (Å²) in [6.45, 7) is 6.51. The molecule has 1 aromatic carbocycles. The average molecular weight is 270 g/mol. The van der Waals surface area contributed by atoms with Crippen molar-refractivity contribution in [2.45, 2.75) is 27.2 Å². The fourth-order valence-electron chi connectivity index (χ4n) is 1.93. The Balaban J connectivity index is 2.77. The van der Waals surface area contributed by atoms with Crippen LogP contribution in [0, 0.1) is 19.8 Å². The van der Waals surface area contributed by atoms with E-state index in [0.29, 0.717) is 11.6 Å². The van der Waals surface area contributed by atoms with Gasteiger partial charge in [-0.3, -0.25) is 4.79 Å². The summed E-state index contributed by atoms with van der Waals surface area (Å²) in [5.41, 5.74) is 3.10. The highest BCUT2D eigenvalue weighted by molar-refractivity contribution is 6.33. The number of carbonyl (C=O) groups is 1. The molecule has 0 saturated heterocycles. The summed E-state index contributed by atoms with van der Waals surface area (Å²) in [6.07, 6.45) is 0.738. The third-order valence-corrected chi connectivity index (χ3v) is 3.28. The van der Waals surface area contributed by atoms with Crippen molar-refractivity contribution in [2.75, 3.05) is 19.0 Å². The Bertz CT molecular complexity index is 409. The molecular weight excluding hydrogens is 250 g/mol. The summed E-state index contributed by atoms with van der Waals surface area (Å²) in [5, 5.41) is 3.93. The molecule has 1 atom stereocenters. The van der Waals surface area contributed by atoms with Gasteiger partial charge in [-0.25, -0.2) is 0 Å². The first-order valence-electron chi connectivity index (χ1n) is 6.08. The van der Waals surface area contributed by atoms with Gasteiger partial charge in [0, 0.05) is 6.54 Å². The number of methoxy groups -OCH3 is 1. The molecule has 0 heterocycles. The smallest absolute Gasteiger partial charge is 0.310 e. The van der Waals surface area contributed by atoms with Crippen LogP contribution in [-0.4, -0.2) is 19.6 Å². The topological polar surface area (TPSA) is 38.3 Å². The van der Waals surface area contributed by atoms with Crippen molar-refractivity contribution in [1.82, 2.24) is 0 Å². The molecule has 0 radical (unpaired) electrons. The van der Waals surface area contributed by atoms with Crippen molar-refractivity contribution >= 4 is 23.3 Å². The first-order valence-corrected chi connectivity index (χ1v) is 6.45. The highest BCUT2D eigenvalue weighted by Crippen LogP contribution is 2.27. The van der Waals surface area contributed by atoms with Crippen molar-refractivity contribution in [3.05, 3.63) is 28.3 Å². The lowest BCUT2D eigenvalue weighted by Crippen LogP contribution is -2.24. The van der Waals surface area contributed by atoms with Gasteiger partial charge in [-0.05, 0) is 37.5 Å². The monoisotopic (exact) mass is 269 g/mol. The van der Waals surface area contributed by atoms with Crippen LogP contribution < -0.4 is 5.32 Å². The molecule has 3 nitrogen and oxygen atoms in total. The minimum atomic E-state index is -0.189. The number of benzene rings is 1. The number of hydrogen-bond donors (Lipinski definition) is 1. The van der Waals surface area contributed by atoms with E-state index in [0.717, 1.165) is 23.2 Å². The van der Waals surface area contributed by atoms with E-state index in [-0.39, 0.29) is 11.9 Å². The minimum absolute atomic E-state index is 0.147. The zero-order valence-electron chi connectivity index (χ0n) is 11.3. The van der Waals surface area contributed by atoms with Crippen LogP contribution >= 0.6 is 11.6 Å². The van der Waals surface area contributed by atoms with Crippen molar-refractivity contribution in [3.63, 3.8) is 0 Å². The molecule has 1 rings (SSSR count). The molecule has 100 valence electrons. The lowest BCUT2D eigenvalue weighted by Gasteiger charge is -2.17. The molecule has 0 spiro atoms. The molecule has 1 N–H and O–H groups in total. The van der Waals surface area contributed by atoms with Gasteiger partial charge in [0.2, 0.25) is 0 Å². The van der Waals surface area contributed by atoms with Crippen molar-refractivity contribution in [3.8, 4) is 0 Å². The summed E-state index contributed by atoms with van der Waals surface area (Å²) in [7, 11) is 1.41. The predicted octanol–water partition coefficient (Wildman–Crippen LogP) is 3.57. The van der Waals surface area contributed by atoms with Crippen LogP contribution in [0.4, 0.5) is 5.69 Å². The van der Waals surface area contributed by atoms with Gasteiger partial charge in [-0.2, -0.15) is 0 Å². The van der Waals surface area contributed by atoms with Gasteiger partial charge < -0.3 is 10.1 Å². The molecular formula is C14H20ClNO2. The number of nitrogens with one attached hydrogen (secondary N) is 1. The lowest BCUT2D eigenvalue weighted by atomic mass is 10.1. The standard InChI is InChI=1S/C14H20ClNO2/c1-5-11(14(17)18-4)8-16-13-10(3)6-9(2)7-12(13)15/h6-7,11,16H,5,8H2,1-4H3. The molecule has 1 aromatic rings.